The Bertz CT molecular complexity index is 646. The van der Waals surface area contributed by atoms with Gasteiger partial charge in [-0.1, -0.05) is 24.3 Å². The first kappa shape index (κ1) is 19.6. The number of alkyl halides is 2. The minimum absolute atomic E-state index is 0.122. The Hall–Kier alpha value is -2.15. The third-order valence-corrected chi connectivity index (χ3v) is 5.10. The molecule has 1 aromatic rings. The topological polar surface area (TPSA) is 42.9 Å². The molecule has 7 heteroatoms. The molecule has 2 aliphatic heterocycles. The van der Waals surface area contributed by atoms with Crippen molar-refractivity contribution in [3.05, 3.63) is 42.0 Å². The standard InChI is InChI=1S/C20H29F2N5/c1-23-20(25-17-7-11-26(12-8-17)15-19(21)22)24-14-16-5-4-6-18(13-16)27-9-2-3-10-27/h2-6,13,17,19H,7-12,14-15H2,1H3,(H2,23,24,25). The second kappa shape index (κ2) is 9.69. The predicted molar refractivity (Wildman–Crippen MR) is 107 cm³/mol. The van der Waals surface area contributed by atoms with E-state index in [9.17, 15) is 8.78 Å². The molecule has 2 heterocycles. The van der Waals surface area contributed by atoms with Crippen molar-refractivity contribution in [3.63, 3.8) is 0 Å². The summed E-state index contributed by atoms with van der Waals surface area (Å²) in [6.45, 7) is 3.89. The van der Waals surface area contributed by atoms with Crippen molar-refractivity contribution in [3.8, 4) is 0 Å². The molecule has 148 valence electrons. The van der Waals surface area contributed by atoms with Crippen LogP contribution in [0.2, 0.25) is 0 Å². The fourth-order valence-corrected chi connectivity index (χ4v) is 3.58. The first-order valence-corrected chi connectivity index (χ1v) is 9.60. The first-order valence-electron chi connectivity index (χ1n) is 9.60. The van der Waals surface area contributed by atoms with Crippen LogP contribution in [0.3, 0.4) is 0 Å². The number of benzene rings is 1. The highest BCUT2D eigenvalue weighted by atomic mass is 19.3. The fraction of sp³-hybridized carbons (Fsp3) is 0.550. The highest BCUT2D eigenvalue weighted by molar-refractivity contribution is 5.80. The smallest absolute Gasteiger partial charge is 0.251 e. The molecule has 1 fully saturated rings. The van der Waals surface area contributed by atoms with E-state index >= 15 is 0 Å². The average molecular weight is 377 g/mol. The van der Waals surface area contributed by atoms with Crippen LogP contribution >= 0.6 is 0 Å². The van der Waals surface area contributed by atoms with Gasteiger partial charge in [0.05, 0.1) is 6.54 Å². The summed E-state index contributed by atoms with van der Waals surface area (Å²) in [4.78, 5) is 8.46. The predicted octanol–water partition coefficient (Wildman–Crippen LogP) is 2.46. The minimum atomic E-state index is -2.25. The molecular formula is C20H29F2N5. The number of rotatable bonds is 6. The normalized spacial score (nSPS) is 19.1. The Balaban J connectivity index is 1.45. The Morgan fingerprint density at radius 3 is 2.63 bits per heavy atom. The van der Waals surface area contributed by atoms with Gasteiger partial charge in [0, 0.05) is 51.5 Å². The highest BCUT2D eigenvalue weighted by Gasteiger charge is 2.21. The molecule has 5 nitrogen and oxygen atoms in total. The van der Waals surface area contributed by atoms with Gasteiger partial charge in [0.25, 0.3) is 6.43 Å². The van der Waals surface area contributed by atoms with Crippen LogP contribution in [0, 0.1) is 0 Å². The molecular weight excluding hydrogens is 348 g/mol. The number of nitrogens with one attached hydrogen (secondary N) is 2. The van der Waals surface area contributed by atoms with Crippen LogP contribution in [0.4, 0.5) is 14.5 Å². The molecule has 0 aliphatic carbocycles. The van der Waals surface area contributed by atoms with Gasteiger partial charge < -0.3 is 15.5 Å². The van der Waals surface area contributed by atoms with E-state index in [2.05, 4.69) is 56.9 Å². The van der Waals surface area contributed by atoms with Crippen LogP contribution in [0.25, 0.3) is 0 Å². The molecule has 1 aromatic carbocycles. The Morgan fingerprint density at radius 1 is 1.22 bits per heavy atom. The second-order valence-electron chi connectivity index (χ2n) is 7.08. The van der Waals surface area contributed by atoms with Crippen molar-refractivity contribution in [2.24, 2.45) is 4.99 Å². The van der Waals surface area contributed by atoms with Gasteiger partial charge >= 0.3 is 0 Å². The molecule has 27 heavy (non-hydrogen) atoms. The molecule has 0 amide bonds. The SMILES string of the molecule is CN=C(NCc1cccc(N2CC=CC2)c1)NC1CCN(CC(F)F)CC1. The van der Waals surface area contributed by atoms with E-state index in [0.717, 1.165) is 31.9 Å². The lowest BCUT2D eigenvalue weighted by Crippen LogP contribution is -2.49. The van der Waals surface area contributed by atoms with Gasteiger partial charge in [-0.05, 0) is 30.5 Å². The van der Waals surface area contributed by atoms with Gasteiger partial charge in [-0.25, -0.2) is 8.78 Å². The van der Waals surface area contributed by atoms with Crippen LogP contribution in [0.5, 0.6) is 0 Å². The summed E-state index contributed by atoms with van der Waals surface area (Å²) in [5.74, 6) is 0.760. The molecule has 1 saturated heterocycles. The van der Waals surface area contributed by atoms with Crippen molar-refractivity contribution in [2.75, 3.05) is 44.7 Å². The molecule has 2 N–H and O–H groups in total. The zero-order valence-corrected chi connectivity index (χ0v) is 15.9. The summed E-state index contributed by atoms with van der Waals surface area (Å²) in [5, 5.41) is 6.79. The number of hydrogen-bond acceptors (Lipinski definition) is 3. The number of halogens is 2. The summed E-state index contributed by atoms with van der Waals surface area (Å²) in [5.41, 5.74) is 2.43. The van der Waals surface area contributed by atoms with Crippen molar-refractivity contribution in [1.82, 2.24) is 15.5 Å². The van der Waals surface area contributed by atoms with E-state index in [0.29, 0.717) is 19.6 Å². The molecule has 3 rings (SSSR count). The van der Waals surface area contributed by atoms with Crippen molar-refractivity contribution in [1.29, 1.82) is 0 Å². The maximum absolute atomic E-state index is 12.5. The van der Waals surface area contributed by atoms with Gasteiger partial charge in [0.15, 0.2) is 5.96 Å². The van der Waals surface area contributed by atoms with E-state index < -0.39 is 6.43 Å². The van der Waals surface area contributed by atoms with Gasteiger partial charge in [-0.2, -0.15) is 0 Å². The quantitative estimate of drug-likeness (QED) is 0.454. The lowest BCUT2D eigenvalue weighted by Gasteiger charge is -2.32. The molecule has 0 atom stereocenters. The summed E-state index contributed by atoms with van der Waals surface area (Å²) in [7, 11) is 1.76. The molecule has 0 unspecified atom stereocenters. The lowest BCUT2D eigenvalue weighted by molar-refractivity contribution is 0.0744. The monoisotopic (exact) mass is 377 g/mol. The summed E-state index contributed by atoms with van der Waals surface area (Å²) in [6.07, 6.45) is 3.82. The van der Waals surface area contributed by atoms with Crippen LogP contribution in [0.1, 0.15) is 18.4 Å². The number of likely N-dealkylation sites (tertiary alicyclic amines) is 1. The minimum Gasteiger partial charge on any atom is -0.364 e. The summed E-state index contributed by atoms with van der Waals surface area (Å²) < 4.78 is 25.0. The number of aliphatic imine (C=N–C) groups is 1. The van der Waals surface area contributed by atoms with Gasteiger partial charge in [0.1, 0.15) is 0 Å². The third-order valence-electron chi connectivity index (χ3n) is 5.10. The molecule has 0 bridgehead atoms. The average Bonchev–Trinajstić information content (AvgIpc) is 3.21. The summed E-state index contributed by atoms with van der Waals surface area (Å²) >= 11 is 0. The van der Waals surface area contributed by atoms with Gasteiger partial charge in [-0.15, -0.1) is 0 Å². The maximum atomic E-state index is 12.5. The van der Waals surface area contributed by atoms with Crippen LogP contribution < -0.4 is 15.5 Å². The zero-order valence-electron chi connectivity index (χ0n) is 15.9. The largest absolute Gasteiger partial charge is 0.364 e. The van der Waals surface area contributed by atoms with Crippen molar-refractivity contribution in [2.45, 2.75) is 31.9 Å². The van der Waals surface area contributed by atoms with Crippen molar-refractivity contribution >= 4 is 11.6 Å². The first-order chi connectivity index (χ1) is 13.1. The fourth-order valence-electron chi connectivity index (χ4n) is 3.58. The van der Waals surface area contributed by atoms with E-state index in [1.807, 2.05) is 4.90 Å². The van der Waals surface area contributed by atoms with Gasteiger partial charge in [0.2, 0.25) is 0 Å². The Labute approximate surface area is 160 Å². The van der Waals surface area contributed by atoms with E-state index in [4.69, 9.17) is 0 Å². The molecule has 0 aromatic heterocycles. The van der Waals surface area contributed by atoms with E-state index in [-0.39, 0.29) is 12.6 Å². The van der Waals surface area contributed by atoms with Crippen LogP contribution in [-0.4, -0.2) is 63.1 Å². The number of piperidine rings is 1. The van der Waals surface area contributed by atoms with E-state index in [1.54, 1.807) is 7.05 Å². The molecule has 0 radical (unpaired) electrons. The highest BCUT2D eigenvalue weighted by Crippen LogP contribution is 2.18. The lowest BCUT2D eigenvalue weighted by atomic mass is 10.1. The van der Waals surface area contributed by atoms with Gasteiger partial charge in [-0.3, -0.25) is 9.89 Å². The van der Waals surface area contributed by atoms with Crippen molar-refractivity contribution < 1.29 is 8.78 Å². The molecule has 2 aliphatic rings. The number of anilines is 1. The number of hydrogen-bond donors (Lipinski definition) is 2. The molecule has 0 saturated carbocycles. The van der Waals surface area contributed by atoms with E-state index in [1.165, 1.54) is 11.3 Å². The third kappa shape index (κ3) is 5.92. The molecule has 0 spiro atoms. The zero-order chi connectivity index (χ0) is 19.1. The Kier molecular flexibility index (Phi) is 7.04. The number of guanidine groups is 1. The second-order valence-corrected chi connectivity index (χ2v) is 7.08. The Morgan fingerprint density at radius 2 is 1.96 bits per heavy atom. The summed E-state index contributed by atoms with van der Waals surface area (Å²) in [6, 6.07) is 8.80. The maximum Gasteiger partial charge on any atom is 0.251 e. The number of nitrogens with zero attached hydrogens (tertiary/aromatic N) is 3. The van der Waals surface area contributed by atoms with Crippen LogP contribution in [-0.2, 0) is 6.54 Å². The van der Waals surface area contributed by atoms with Crippen LogP contribution in [0.15, 0.2) is 41.4 Å².